The van der Waals surface area contributed by atoms with Gasteiger partial charge in [-0.15, -0.1) is 11.3 Å². The smallest absolute Gasteiger partial charge is 0.348 e. The summed E-state index contributed by atoms with van der Waals surface area (Å²) in [6, 6.07) is 9.66. The Morgan fingerprint density at radius 1 is 1.19 bits per heavy atom. The van der Waals surface area contributed by atoms with E-state index in [0.29, 0.717) is 37.7 Å². The van der Waals surface area contributed by atoms with Gasteiger partial charge in [0.15, 0.2) is 0 Å². The molecule has 1 aromatic carbocycles. The van der Waals surface area contributed by atoms with E-state index in [0.717, 1.165) is 21.9 Å². The number of nitrogens with zero attached hydrogens (tertiary/aromatic N) is 2. The van der Waals surface area contributed by atoms with Gasteiger partial charge in [0.05, 0.1) is 13.2 Å². The van der Waals surface area contributed by atoms with Crippen LogP contribution in [-0.4, -0.2) is 49.7 Å². The highest BCUT2D eigenvalue weighted by Crippen LogP contribution is 2.32. The predicted octanol–water partition coefficient (Wildman–Crippen LogP) is 3.86. The molecule has 0 N–H and O–H groups in total. The molecule has 0 atom stereocenters. The number of carbonyl (C=O) groups is 2. The molecule has 27 heavy (non-hydrogen) atoms. The monoisotopic (exact) mass is 388 g/mol. The molecular weight excluding hydrogens is 364 g/mol. The van der Waals surface area contributed by atoms with E-state index >= 15 is 0 Å². The molecule has 2 amide bonds. The zero-order chi connectivity index (χ0) is 19.4. The van der Waals surface area contributed by atoms with E-state index in [1.165, 1.54) is 11.3 Å². The summed E-state index contributed by atoms with van der Waals surface area (Å²) in [7, 11) is 0. The summed E-state index contributed by atoms with van der Waals surface area (Å²) in [5, 5.41) is 0.780. The molecule has 1 fully saturated rings. The molecule has 0 radical (unpaired) electrons. The Labute approximate surface area is 163 Å². The van der Waals surface area contributed by atoms with Gasteiger partial charge in [-0.25, -0.2) is 9.59 Å². The van der Waals surface area contributed by atoms with Crippen molar-refractivity contribution in [2.24, 2.45) is 0 Å². The van der Waals surface area contributed by atoms with Crippen molar-refractivity contribution in [1.82, 2.24) is 4.90 Å². The topological polar surface area (TPSA) is 59.1 Å². The van der Waals surface area contributed by atoms with Crippen LogP contribution in [-0.2, 0) is 4.74 Å². The van der Waals surface area contributed by atoms with Crippen LogP contribution in [0.1, 0.15) is 27.7 Å². The Morgan fingerprint density at radius 2 is 1.96 bits per heavy atom. The second kappa shape index (κ2) is 8.43. The Bertz CT molecular complexity index is 833. The number of urea groups is 1. The van der Waals surface area contributed by atoms with Gasteiger partial charge in [-0.05, 0) is 44.0 Å². The number of ether oxygens (including phenoxy) is 2. The van der Waals surface area contributed by atoms with E-state index in [2.05, 4.69) is 0 Å². The SMILES string of the molecule is CCOC(=O)c1sc(N2CCN(CCOc3ccccc3C)C2=O)cc1C. The molecule has 0 unspecified atom stereocenters. The van der Waals surface area contributed by atoms with Crippen molar-refractivity contribution in [3.63, 3.8) is 0 Å². The van der Waals surface area contributed by atoms with Crippen LogP contribution < -0.4 is 9.64 Å². The molecule has 1 saturated heterocycles. The van der Waals surface area contributed by atoms with Gasteiger partial charge in [0, 0.05) is 13.1 Å². The molecule has 1 aliphatic rings. The van der Waals surface area contributed by atoms with E-state index in [1.807, 2.05) is 44.2 Å². The van der Waals surface area contributed by atoms with Crippen LogP contribution in [0.4, 0.5) is 9.80 Å². The summed E-state index contributed by atoms with van der Waals surface area (Å²) in [6.45, 7) is 8.19. The van der Waals surface area contributed by atoms with Crippen LogP contribution in [0, 0.1) is 13.8 Å². The van der Waals surface area contributed by atoms with Crippen LogP contribution in [0.3, 0.4) is 0 Å². The molecule has 0 saturated carbocycles. The van der Waals surface area contributed by atoms with Crippen LogP contribution in [0.15, 0.2) is 30.3 Å². The van der Waals surface area contributed by atoms with E-state index in [1.54, 1.807) is 16.7 Å². The Morgan fingerprint density at radius 3 is 2.70 bits per heavy atom. The number of esters is 1. The zero-order valence-electron chi connectivity index (χ0n) is 15.9. The average molecular weight is 388 g/mol. The molecule has 0 bridgehead atoms. The lowest BCUT2D eigenvalue weighted by atomic mass is 10.2. The highest BCUT2D eigenvalue weighted by atomic mass is 32.1. The summed E-state index contributed by atoms with van der Waals surface area (Å²) < 4.78 is 10.9. The third-order valence-electron chi connectivity index (χ3n) is 4.44. The number of anilines is 1. The summed E-state index contributed by atoms with van der Waals surface area (Å²) in [6.07, 6.45) is 0. The molecule has 7 heteroatoms. The summed E-state index contributed by atoms with van der Waals surface area (Å²) in [5.41, 5.74) is 1.91. The fraction of sp³-hybridized carbons (Fsp3) is 0.400. The van der Waals surface area contributed by atoms with Gasteiger partial charge in [-0.3, -0.25) is 4.90 Å². The van der Waals surface area contributed by atoms with Gasteiger partial charge in [0.1, 0.15) is 22.2 Å². The van der Waals surface area contributed by atoms with Crippen molar-refractivity contribution < 1.29 is 19.1 Å². The molecule has 0 spiro atoms. The lowest BCUT2D eigenvalue weighted by molar-refractivity contribution is 0.0531. The van der Waals surface area contributed by atoms with Gasteiger partial charge in [-0.1, -0.05) is 18.2 Å². The van der Waals surface area contributed by atoms with Crippen molar-refractivity contribution in [3.05, 3.63) is 46.3 Å². The van der Waals surface area contributed by atoms with Crippen molar-refractivity contribution in [2.45, 2.75) is 20.8 Å². The molecule has 1 aromatic heterocycles. The number of amides is 2. The molecule has 1 aliphatic heterocycles. The number of hydrogen-bond donors (Lipinski definition) is 0. The molecule has 3 rings (SSSR count). The van der Waals surface area contributed by atoms with Crippen molar-refractivity contribution >= 4 is 28.3 Å². The minimum absolute atomic E-state index is 0.0555. The maximum atomic E-state index is 12.7. The van der Waals surface area contributed by atoms with Crippen molar-refractivity contribution in [2.75, 3.05) is 37.7 Å². The second-order valence-electron chi connectivity index (χ2n) is 6.35. The first kappa shape index (κ1) is 19.2. The summed E-state index contributed by atoms with van der Waals surface area (Å²) in [4.78, 5) is 28.8. The third kappa shape index (κ3) is 4.24. The maximum Gasteiger partial charge on any atom is 0.348 e. The van der Waals surface area contributed by atoms with Gasteiger partial charge in [-0.2, -0.15) is 0 Å². The summed E-state index contributed by atoms with van der Waals surface area (Å²) in [5.74, 6) is 0.510. The lowest BCUT2D eigenvalue weighted by Crippen LogP contribution is -2.34. The molecule has 2 aromatic rings. The number of rotatable bonds is 7. The van der Waals surface area contributed by atoms with Crippen LogP contribution in [0.2, 0.25) is 0 Å². The Balaban J connectivity index is 1.59. The number of aryl methyl sites for hydroxylation is 2. The maximum absolute atomic E-state index is 12.7. The number of hydrogen-bond acceptors (Lipinski definition) is 5. The van der Waals surface area contributed by atoms with Gasteiger partial charge in [0.2, 0.25) is 0 Å². The van der Waals surface area contributed by atoms with Crippen molar-refractivity contribution in [1.29, 1.82) is 0 Å². The standard InChI is InChI=1S/C20H24N2O4S/c1-4-25-19(23)18-15(3)13-17(27-18)22-10-9-21(20(22)24)11-12-26-16-8-6-5-7-14(16)2/h5-8,13H,4,9-12H2,1-3H3. The number of para-hydroxylation sites is 1. The molecule has 144 valence electrons. The Kier molecular flexibility index (Phi) is 6.01. The van der Waals surface area contributed by atoms with E-state index in [-0.39, 0.29) is 12.0 Å². The zero-order valence-corrected chi connectivity index (χ0v) is 16.7. The highest BCUT2D eigenvalue weighted by Gasteiger charge is 2.31. The first-order valence-electron chi connectivity index (χ1n) is 9.03. The summed E-state index contributed by atoms with van der Waals surface area (Å²) >= 11 is 1.31. The molecule has 6 nitrogen and oxygen atoms in total. The van der Waals surface area contributed by atoms with Crippen LogP contribution in [0.5, 0.6) is 5.75 Å². The van der Waals surface area contributed by atoms with Crippen LogP contribution >= 0.6 is 11.3 Å². The van der Waals surface area contributed by atoms with Gasteiger partial charge in [0.25, 0.3) is 0 Å². The highest BCUT2D eigenvalue weighted by molar-refractivity contribution is 7.18. The van der Waals surface area contributed by atoms with E-state index in [4.69, 9.17) is 9.47 Å². The fourth-order valence-electron chi connectivity index (χ4n) is 2.98. The second-order valence-corrected chi connectivity index (χ2v) is 7.38. The largest absolute Gasteiger partial charge is 0.491 e. The minimum Gasteiger partial charge on any atom is -0.491 e. The van der Waals surface area contributed by atoms with Crippen LogP contribution in [0.25, 0.3) is 0 Å². The first-order valence-corrected chi connectivity index (χ1v) is 9.85. The number of thiophene rings is 1. The van der Waals surface area contributed by atoms with Crippen molar-refractivity contribution in [3.8, 4) is 5.75 Å². The average Bonchev–Trinajstić information content (AvgIpc) is 3.20. The number of benzene rings is 1. The third-order valence-corrected chi connectivity index (χ3v) is 5.68. The molecule has 2 heterocycles. The quantitative estimate of drug-likeness (QED) is 0.676. The van der Waals surface area contributed by atoms with E-state index < -0.39 is 0 Å². The molecule has 0 aliphatic carbocycles. The normalized spacial score (nSPS) is 14.0. The predicted molar refractivity (Wildman–Crippen MR) is 106 cm³/mol. The van der Waals surface area contributed by atoms with Gasteiger partial charge >= 0.3 is 12.0 Å². The van der Waals surface area contributed by atoms with Gasteiger partial charge < -0.3 is 14.4 Å². The number of carbonyl (C=O) groups excluding carboxylic acids is 2. The first-order chi connectivity index (χ1) is 13.0. The lowest BCUT2D eigenvalue weighted by Gasteiger charge is -2.18. The minimum atomic E-state index is -0.332. The Hall–Kier alpha value is -2.54. The molecular formula is C20H24N2O4S. The van der Waals surface area contributed by atoms with E-state index in [9.17, 15) is 9.59 Å². The fourth-order valence-corrected chi connectivity index (χ4v) is 4.06.